The average Bonchev–Trinajstić information content (AvgIpc) is 2.16. The zero-order chi connectivity index (χ0) is 13.1. The zero-order valence-corrected chi connectivity index (χ0v) is 14.5. The number of nitrogens with zero attached hydrogens (tertiary/aromatic N) is 2. The number of quaternary nitrogens is 1. The van der Waals surface area contributed by atoms with E-state index in [1.807, 2.05) is 0 Å². The van der Waals surface area contributed by atoms with Gasteiger partial charge >= 0.3 is 0 Å². The lowest BCUT2D eigenvalue weighted by molar-refractivity contribution is -0.902. The lowest BCUT2D eigenvalue weighted by Crippen LogP contribution is -3.00. The Kier molecular flexibility index (Phi) is 6.28. The van der Waals surface area contributed by atoms with E-state index in [1.54, 1.807) is 0 Å². The Hall–Kier alpha value is -0.633. The highest BCUT2D eigenvalue weighted by Crippen LogP contribution is 2.33. The van der Waals surface area contributed by atoms with Gasteiger partial charge in [0.15, 0.2) is 6.54 Å². The summed E-state index contributed by atoms with van der Waals surface area (Å²) in [6.07, 6.45) is 0. The van der Waals surface area contributed by atoms with E-state index in [2.05, 4.69) is 70.1 Å². The molecule has 1 rings (SSSR count). The van der Waals surface area contributed by atoms with Crippen molar-refractivity contribution < 1.29 is 21.5 Å². The maximum absolute atomic E-state index is 9.01. The van der Waals surface area contributed by atoms with E-state index >= 15 is 0 Å². The fourth-order valence-corrected chi connectivity index (χ4v) is 6.24. The van der Waals surface area contributed by atoms with E-state index in [9.17, 15) is 0 Å². The van der Waals surface area contributed by atoms with Crippen LogP contribution in [0.4, 0.5) is 0 Å². The molecule has 0 aromatic heterocycles. The van der Waals surface area contributed by atoms with Gasteiger partial charge in [0.05, 0.1) is 19.8 Å². The van der Waals surface area contributed by atoms with Crippen LogP contribution in [0.3, 0.4) is 0 Å². The number of benzene rings is 1. The highest BCUT2D eigenvalue weighted by Gasteiger charge is 2.40. The van der Waals surface area contributed by atoms with Crippen LogP contribution in [-0.2, 0) is 0 Å². The molecule has 1 atom stereocenters. The van der Waals surface area contributed by atoms with E-state index in [0.717, 1.165) is 4.48 Å². The number of halogens is 1. The van der Waals surface area contributed by atoms with Crippen LogP contribution in [0, 0.1) is 11.3 Å². The molecule has 18 heavy (non-hydrogen) atoms. The third kappa shape index (κ3) is 4.24. The predicted octanol–water partition coefficient (Wildman–Crippen LogP) is 0.209. The Morgan fingerprint density at radius 1 is 1.17 bits per heavy atom. The zero-order valence-electron chi connectivity index (χ0n) is 11.9. The Balaban J connectivity index is 0.00000289. The van der Waals surface area contributed by atoms with Crippen LogP contribution in [0.15, 0.2) is 30.3 Å². The fourth-order valence-electron chi connectivity index (χ4n) is 2.86. The van der Waals surface area contributed by atoms with Crippen LogP contribution in [0.1, 0.15) is 11.2 Å². The number of nitriles is 1. The molecule has 0 saturated carbocycles. The first-order valence-corrected chi connectivity index (χ1v) is 9.61. The van der Waals surface area contributed by atoms with Crippen molar-refractivity contribution >= 4 is 8.07 Å². The molecule has 2 nitrogen and oxygen atoms in total. The summed E-state index contributed by atoms with van der Waals surface area (Å²) in [6.45, 7) is 7.69. The van der Waals surface area contributed by atoms with Gasteiger partial charge < -0.3 is 21.5 Å². The summed E-state index contributed by atoms with van der Waals surface area (Å²) in [6, 6.07) is 12.9. The van der Waals surface area contributed by atoms with Crippen molar-refractivity contribution in [1.82, 2.24) is 0 Å². The van der Waals surface area contributed by atoms with Crippen LogP contribution in [0.25, 0.3) is 0 Å². The van der Waals surface area contributed by atoms with Crippen molar-refractivity contribution in [2.45, 2.75) is 25.3 Å². The smallest absolute Gasteiger partial charge is 0.166 e. The molecule has 1 aromatic rings. The molecule has 0 heterocycles. The van der Waals surface area contributed by atoms with E-state index < -0.39 is 8.07 Å². The van der Waals surface area contributed by atoms with Gasteiger partial charge in [-0.1, -0.05) is 50.0 Å². The Morgan fingerprint density at radius 2 is 1.67 bits per heavy atom. The van der Waals surface area contributed by atoms with Crippen molar-refractivity contribution in [2.75, 3.05) is 20.6 Å². The summed E-state index contributed by atoms with van der Waals surface area (Å²) < 4.78 is 0.760. The minimum Gasteiger partial charge on any atom is -1.00 e. The van der Waals surface area contributed by atoms with Crippen LogP contribution in [0.2, 0.25) is 19.6 Å². The van der Waals surface area contributed by atoms with E-state index in [0.29, 0.717) is 12.2 Å². The van der Waals surface area contributed by atoms with Crippen molar-refractivity contribution in [3.05, 3.63) is 35.9 Å². The third-order valence-corrected chi connectivity index (χ3v) is 5.79. The Labute approximate surface area is 123 Å². The van der Waals surface area contributed by atoms with Gasteiger partial charge in [-0.15, -0.1) is 0 Å². The molecule has 0 radical (unpaired) electrons. The first-order chi connectivity index (χ1) is 7.79. The monoisotopic (exact) mass is 326 g/mol. The molecule has 0 aliphatic carbocycles. The highest BCUT2D eigenvalue weighted by atomic mass is 79.9. The van der Waals surface area contributed by atoms with E-state index in [-0.39, 0.29) is 17.0 Å². The molecule has 0 spiro atoms. The SMILES string of the molecule is C[N+](C)(CC#N)C(c1ccccc1)[Si](C)(C)C.[Br-]. The second-order valence-corrected chi connectivity index (χ2v) is 11.6. The molecule has 0 saturated heterocycles. The molecular weight excluding hydrogens is 304 g/mol. The van der Waals surface area contributed by atoms with Crippen molar-refractivity contribution in [3.8, 4) is 6.07 Å². The second-order valence-electron chi connectivity index (χ2n) is 6.27. The highest BCUT2D eigenvalue weighted by molar-refractivity contribution is 6.77. The van der Waals surface area contributed by atoms with Gasteiger partial charge in [-0.05, 0) is 0 Å². The average molecular weight is 327 g/mol. The molecule has 0 aliphatic heterocycles. The van der Waals surface area contributed by atoms with Crippen LogP contribution in [0.5, 0.6) is 0 Å². The van der Waals surface area contributed by atoms with Gasteiger partial charge in [0.1, 0.15) is 14.1 Å². The van der Waals surface area contributed by atoms with Gasteiger partial charge in [-0.2, -0.15) is 5.26 Å². The predicted molar refractivity (Wildman–Crippen MR) is 75.1 cm³/mol. The van der Waals surface area contributed by atoms with Gasteiger partial charge in [-0.25, -0.2) is 0 Å². The molecule has 0 amide bonds. The number of hydrogen-bond acceptors (Lipinski definition) is 1. The molecule has 1 aromatic carbocycles. The molecule has 0 N–H and O–H groups in total. The van der Waals surface area contributed by atoms with Crippen LogP contribution in [-0.4, -0.2) is 33.2 Å². The summed E-state index contributed by atoms with van der Waals surface area (Å²) >= 11 is 0. The van der Waals surface area contributed by atoms with Gasteiger partial charge in [0.2, 0.25) is 0 Å². The molecule has 1 unspecified atom stereocenters. The summed E-state index contributed by atoms with van der Waals surface area (Å²) in [7, 11) is 2.95. The molecular formula is C14H23BrN2Si. The summed E-state index contributed by atoms with van der Waals surface area (Å²) in [5.74, 6) is 0. The van der Waals surface area contributed by atoms with Crippen LogP contribution >= 0.6 is 0 Å². The first kappa shape index (κ1) is 17.4. The van der Waals surface area contributed by atoms with E-state index in [4.69, 9.17) is 5.26 Å². The van der Waals surface area contributed by atoms with Gasteiger partial charge in [0.25, 0.3) is 0 Å². The maximum atomic E-state index is 9.01. The molecule has 4 heteroatoms. The van der Waals surface area contributed by atoms with Crippen molar-refractivity contribution in [1.29, 1.82) is 5.26 Å². The Bertz CT molecular complexity index is 404. The topological polar surface area (TPSA) is 23.8 Å². The van der Waals surface area contributed by atoms with E-state index in [1.165, 1.54) is 5.56 Å². The maximum Gasteiger partial charge on any atom is 0.166 e. The lowest BCUT2D eigenvalue weighted by atomic mass is 10.2. The standard InChI is InChI=1S/C14H23N2Si.BrH/c1-16(2,12-11-15)14(17(3,4)5)13-9-7-6-8-10-13;/h6-10,14H,12H2,1-5H3;1H/q+1;/p-1. The Morgan fingerprint density at radius 3 is 2.06 bits per heavy atom. The quantitative estimate of drug-likeness (QED) is 0.441. The minimum atomic E-state index is -1.38. The number of hydrogen-bond donors (Lipinski definition) is 0. The molecule has 100 valence electrons. The lowest BCUT2D eigenvalue weighted by Gasteiger charge is -2.42. The summed E-state index contributed by atoms with van der Waals surface area (Å²) in [5, 5.41) is 9.01. The van der Waals surface area contributed by atoms with Crippen molar-refractivity contribution in [2.24, 2.45) is 0 Å². The molecule has 0 aliphatic rings. The normalized spacial score (nSPS) is 13.3. The molecule has 0 fully saturated rings. The van der Waals surface area contributed by atoms with Gasteiger partial charge in [0, 0.05) is 5.56 Å². The third-order valence-electron chi connectivity index (χ3n) is 3.11. The number of rotatable bonds is 4. The van der Waals surface area contributed by atoms with Crippen molar-refractivity contribution in [3.63, 3.8) is 0 Å². The fraction of sp³-hybridized carbons (Fsp3) is 0.500. The largest absolute Gasteiger partial charge is 1.00 e. The second kappa shape index (κ2) is 6.51. The molecule has 0 bridgehead atoms. The first-order valence-electron chi connectivity index (χ1n) is 6.03. The summed E-state index contributed by atoms with van der Waals surface area (Å²) in [5.41, 5.74) is 1.83. The summed E-state index contributed by atoms with van der Waals surface area (Å²) in [4.78, 5) is 0. The van der Waals surface area contributed by atoms with Crippen LogP contribution < -0.4 is 17.0 Å². The minimum absolute atomic E-state index is 0. The van der Waals surface area contributed by atoms with Gasteiger partial charge in [-0.3, -0.25) is 0 Å².